The van der Waals surface area contributed by atoms with Crippen LogP contribution in [0.25, 0.3) is 0 Å². The highest BCUT2D eigenvalue weighted by Crippen LogP contribution is 2.19. The molecule has 1 heterocycles. The van der Waals surface area contributed by atoms with E-state index >= 15 is 0 Å². The predicted octanol–water partition coefficient (Wildman–Crippen LogP) is 2.44. The van der Waals surface area contributed by atoms with Gasteiger partial charge in [0.25, 0.3) is 0 Å². The Kier molecular flexibility index (Phi) is 5.58. The second kappa shape index (κ2) is 7.21. The van der Waals surface area contributed by atoms with E-state index < -0.39 is 0 Å². The van der Waals surface area contributed by atoms with Gasteiger partial charge in [-0.1, -0.05) is 29.8 Å². The quantitative estimate of drug-likeness (QED) is 0.895. The molecule has 0 saturated carbocycles. The van der Waals surface area contributed by atoms with E-state index in [4.69, 9.17) is 0 Å². The van der Waals surface area contributed by atoms with Crippen LogP contribution < -0.4 is 0 Å². The molecule has 1 fully saturated rings. The second-order valence-corrected chi connectivity index (χ2v) is 6.25. The molecular weight excluding hydrogens is 248 g/mol. The average molecular weight is 276 g/mol. The van der Waals surface area contributed by atoms with Crippen molar-refractivity contribution in [3.8, 4) is 0 Å². The van der Waals surface area contributed by atoms with E-state index in [1.54, 1.807) is 0 Å². The summed E-state index contributed by atoms with van der Waals surface area (Å²) in [6.45, 7) is 5.39. The first-order valence-corrected chi connectivity index (χ1v) is 7.69. The van der Waals surface area contributed by atoms with Gasteiger partial charge < -0.3 is 14.9 Å². The van der Waals surface area contributed by atoms with Crippen LogP contribution in [0, 0.1) is 6.92 Å². The first-order valence-electron chi connectivity index (χ1n) is 7.69. The minimum atomic E-state index is -0.348. The Morgan fingerprint density at radius 3 is 2.70 bits per heavy atom. The molecule has 1 aliphatic heterocycles. The maximum Gasteiger partial charge on any atom is 0.0802 e. The van der Waals surface area contributed by atoms with E-state index in [-0.39, 0.29) is 6.10 Å². The van der Waals surface area contributed by atoms with Gasteiger partial charge >= 0.3 is 0 Å². The molecule has 1 N–H and O–H groups in total. The van der Waals surface area contributed by atoms with Gasteiger partial charge in [0.05, 0.1) is 6.10 Å². The Hall–Kier alpha value is -0.900. The largest absolute Gasteiger partial charge is 0.388 e. The lowest BCUT2D eigenvalue weighted by Gasteiger charge is -2.36. The lowest BCUT2D eigenvalue weighted by atomic mass is 10.0. The number of benzene rings is 1. The molecule has 112 valence electrons. The van der Waals surface area contributed by atoms with Crippen molar-refractivity contribution in [2.45, 2.75) is 38.3 Å². The highest BCUT2D eigenvalue weighted by Gasteiger charge is 2.21. The number of piperidine rings is 1. The number of hydrogen-bond acceptors (Lipinski definition) is 3. The Labute approximate surface area is 123 Å². The third kappa shape index (κ3) is 4.30. The first kappa shape index (κ1) is 15.5. The summed E-state index contributed by atoms with van der Waals surface area (Å²) in [4.78, 5) is 4.81. The summed E-state index contributed by atoms with van der Waals surface area (Å²) in [6, 6.07) is 8.85. The van der Waals surface area contributed by atoms with Gasteiger partial charge in [0.1, 0.15) is 0 Å². The lowest BCUT2D eigenvalue weighted by Crippen LogP contribution is -2.45. The summed E-state index contributed by atoms with van der Waals surface area (Å²) in [5, 5.41) is 10.3. The summed E-state index contributed by atoms with van der Waals surface area (Å²) in [5.41, 5.74) is 2.27. The van der Waals surface area contributed by atoms with E-state index in [1.807, 2.05) is 12.1 Å². The molecule has 2 unspecified atom stereocenters. The zero-order valence-corrected chi connectivity index (χ0v) is 13.0. The fourth-order valence-electron chi connectivity index (χ4n) is 2.96. The molecule has 3 heteroatoms. The van der Waals surface area contributed by atoms with Gasteiger partial charge in [-0.2, -0.15) is 0 Å². The molecule has 0 aliphatic carbocycles. The molecule has 0 radical (unpaired) electrons. The van der Waals surface area contributed by atoms with Crippen LogP contribution in [0.2, 0.25) is 0 Å². The van der Waals surface area contributed by atoms with Gasteiger partial charge in [-0.15, -0.1) is 0 Å². The fraction of sp³-hybridized carbons (Fsp3) is 0.647. The summed E-state index contributed by atoms with van der Waals surface area (Å²) in [6.07, 6.45) is 3.02. The van der Waals surface area contributed by atoms with Crippen molar-refractivity contribution < 1.29 is 5.11 Å². The summed E-state index contributed by atoms with van der Waals surface area (Å²) >= 11 is 0. The van der Waals surface area contributed by atoms with Gasteiger partial charge in [-0.25, -0.2) is 0 Å². The molecule has 0 spiro atoms. The van der Waals surface area contributed by atoms with Gasteiger partial charge in [0.15, 0.2) is 0 Å². The van der Waals surface area contributed by atoms with E-state index in [0.29, 0.717) is 6.04 Å². The molecule has 0 bridgehead atoms. The molecule has 1 aromatic carbocycles. The maximum absolute atomic E-state index is 10.3. The Morgan fingerprint density at radius 1 is 1.35 bits per heavy atom. The highest BCUT2D eigenvalue weighted by molar-refractivity contribution is 5.23. The Bertz CT molecular complexity index is 404. The molecule has 2 rings (SSSR count). The number of rotatable bonds is 5. The maximum atomic E-state index is 10.3. The monoisotopic (exact) mass is 276 g/mol. The summed E-state index contributed by atoms with van der Waals surface area (Å²) in [7, 11) is 4.38. The van der Waals surface area contributed by atoms with Crippen LogP contribution in [0.5, 0.6) is 0 Å². The first-order chi connectivity index (χ1) is 9.56. The summed E-state index contributed by atoms with van der Waals surface area (Å²) < 4.78 is 0. The number of likely N-dealkylation sites (N-methyl/N-ethyl adjacent to an activating group) is 2. The van der Waals surface area contributed by atoms with Gasteiger partial charge in [-0.05, 0) is 52.4 Å². The number of likely N-dealkylation sites (tertiary alicyclic amines) is 1. The number of hydrogen-bond donors (Lipinski definition) is 1. The fourth-order valence-corrected chi connectivity index (χ4v) is 2.96. The molecule has 1 saturated heterocycles. The minimum Gasteiger partial charge on any atom is -0.388 e. The highest BCUT2D eigenvalue weighted by atomic mass is 16.3. The number of aryl methyl sites for hydroxylation is 1. The predicted molar refractivity (Wildman–Crippen MR) is 83.9 cm³/mol. The minimum absolute atomic E-state index is 0.348. The van der Waals surface area contributed by atoms with Crippen LogP contribution in [0.15, 0.2) is 24.3 Å². The topological polar surface area (TPSA) is 26.7 Å². The third-order valence-electron chi connectivity index (χ3n) is 4.44. The smallest absolute Gasteiger partial charge is 0.0802 e. The van der Waals surface area contributed by atoms with Crippen molar-refractivity contribution in [2.75, 3.05) is 33.7 Å². The number of aliphatic hydroxyl groups is 1. The van der Waals surface area contributed by atoms with Gasteiger partial charge in [-0.3, -0.25) is 0 Å². The van der Waals surface area contributed by atoms with Crippen LogP contribution in [-0.4, -0.2) is 54.7 Å². The number of aliphatic hydroxyl groups excluding tert-OH is 1. The number of nitrogens with zero attached hydrogens (tertiary/aromatic N) is 2. The Balaban J connectivity index is 1.80. The average Bonchev–Trinajstić information content (AvgIpc) is 2.45. The SMILES string of the molecule is Cc1ccc(C(O)CCN(C)C2CCCN(C)C2)cc1. The van der Waals surface area contributed by atoms with Crippen LogP contribution in [0.1, 0.15) is 36.5 Å². The van der Waals surface area contributed by atoms with Crippen molar-refractivity contribution in [1.82, 2.24) is 9.80 Å². The van der Waals surface area contributed by atoms with Crippen LogP contribution in [0.3, 0.4) is 0 Å². The van der Waals surface area contributed by atoms with Crippen LogP contribution in [0.4, 0.5) is 0 Å². The van der Waals surface area contributed by atoms with Crippen molar-refractivity contribution in [1.29, 1.82) is 0 Å². The summed E-state index contributed by atoms with van der Waals surface area (Å²) in [5.74, 6) is 0. The van der Waals surface area contributed by atoms with E-state index in [9.17, 15) is 5.11 Å². The normalized spacial score (nSPS) is 22.1. The standard InChI is InChI=1S/C17H28N2O/c1-14-6-8-15(9-7-14)17(20)10-12-19(3)16-5-4-11-18(2)13-16/h6-9,16-17,20H,4-5,10-13H2,1-3H3. The van der Waals surface area contributed by atoms with Crippen LogP contribution in [-0.2, 0) is 0 Å². The van der Waals surface area contributed by atoms with Crippen molar-refractivity contribution >= 4 is 0 Å². The van der Waals surface area contributed by atoms with Crippen LogP contribution >= 0.6 is 0 Å². The lowest BCUT2D eigenvalue weighted by molar-refractivity contribution is 0.104. The molecule has 3 nitrogen and oxygen atoms in total. The molecule has 0 aromatic heterocycles. The van der Waals surface area contributed by atoms with E-state index in [2.05, 4.69) is 43.0 Å². The second-order valence-electron chi connectivity index (χ2n) is 6.25. The van der Waals surface area contributed by atoms with Crippen molar-refractivity contribution in [3.63, 3.8) is 0 Å². The van der Waals surface area contributed by atoms with Gasteiger partial charge in [0.2, 0.25) is 0 Å². The Morgan fingerprint density at radius 2 is 2.05 bits per heavy atom. The zero-order valence-electron chi connectivity index (χ0n) is 13.0. The molecular formula is C17H28N2O. The van der Waals surface area contributed by atoms with E-state index in [1.165, 1.54) is 24.9 Å². The molecule has 20 heavy (non-hydrogen) atoms. The molecule has 2 atom stereocenters. The zero-order chi connectivity index (χ0) is 14.5. The van der Waals surface area contributed by atoms with Crippen molar-refractivity contribution in [3.05, 3.63) is 35.4 Å². The molecule has 1 aliphatic rings. The van der Waals surface area contributed by atoms with Gasteiger partial charge in [0, 0.05) is 19.1 Å². The molecule has 0 amide bonds. The van der Waals surface area contributed by atoms with E-state index in [0.717, 1.165) is 25.1 Å². The third-order valence-corrected chi connectivity index (χ3v) is 4.44. The molecule has 1 aromatic rings. The van der Waals surface area contributed by atoms with Crippen molar-refractivity contribution in [2.24, 2.45) is 0 Å².